The van der Waals surface area contributed by atoms with Crippen LogP contribution in [0, 0.1) is 0 Å². The zero-order valence-electron chi connectivity index (χ0n) is 13.1. The summed E-state index contributed by atoms with van der Waals surface area (Å²) in [6.07, 6.45) is -0.215. The summed E-state index contributed by atoms with van der Waals surface area (Å²) in [6, 6.07) is 12.2. The lowest BCUT2D eigenvalue weighted by atomic mass is 10.2. The summed E-state index contributed by atoms with van der Waals surface area (Å²) in [5, 5.41) is 19.2. The van der Waals surface area contributed by atoms with Gasteiger partial charge in [0.15, 0.2) is 0 Å². The zero-order valence-corrected chi connectivity index (χ0v) is 13.1. The Hall–Kier alpha value is -3.02. The van der Waals surface area contributed by atoms with E-state index in [0.29, 0.717) is 6.42 Å². The summed E-state index contributed by atoms with van der Waals surface area (Å²) >= 11 is 0. The van der Waals surface area contributed by atoms with Crippen molar-refractivity contribution in [2.75, 3.05) is 6.61 Å². The lowest BCUT2D eigenvalue weighted by Crippen LogP contribution is -2.18. The second-order valence-electron chi connectivity index (χ2n) is 5.17. The highest BCUT2D eigenvalue weighted by molar-refractivity contribution is 5.92. The van der Waals surface area contributed by atoms with E-state index < -0.39 is 18.0 Å². The summed E-state index contributed by atoms with van der Waals surface area (Å²) in [4.78, 5) is 23.7. The van der Waals surface area contributed by atoms with E-state index in [9.17, 15) is 19.8 Å². The third kappa shape index (κ3) is 4.49. The normalized spacial score (nSPS) is 11.5. The third-order valence-corrected chi connectivity index (χ3v) is 3.31. The van der Waals surface area contributed by atoms with Gasteiger partial charge in [-0.25, -0.2) is 9.59 Å². The van der Waals surface area contributed by atoms with E-state index in [2.05, 4.69) is 0 Å². The van der Waals surface area contributed by atoms with Crippen LogP contribution in [0.3, 0.4) is 0 Å². The monoisotopic (exact) mass is 330 g/mol. The summed E-state index contributed by atoms with van der Waals surface area (Å²) in [5.74, 6) is -1.60. The minimum atomic E-state index is -0.646. The van der Waals surface area contributed by atoms with Crippen molar-refractivity contribution in [3.8, 4) is 11.5 Å². The Bertz CT molecular complexity index is 725. The second kappa shape index (κ2) is 8.01. The SMILES string of the molecule is CC(CCOC(=O)c1ccccc1O)OC(=O)c1ccccc1O. The van der Waals surface area contributed by atoms with E-state index in [1.807, 2.05) is 0 Å². The standard InChI is InChI=1S/C18H18O6/c1-12(24-18(22)14-7-3-5-9-16(14)20)10-11-23-17(21)13-6-2-4-8-15(13)19/h2-9,12,19-20H,10-11H2,1H3. The molecule has 6 heteroatoms. The van der Waals surface area contributed by atoms with Crippen LogP contribution in [0.1, 0.15) is 34.1 Å². The Morgan fingerprint density at radius 2 is 1.42 bits per heavy atom. The van der Waals surface area contributed by atoms with Crippen LogP contribution in [0.2, 0.25) is 0 Å². The van der Waals surface area contributed by atoms with Crippen LogP contribution in [-0.2, 0) is 9.47 Å². The lowest BCUT2D eigenvalue weighted by molar-refractivity contribution is 0.0226. The van der Waals surface area contributed by atoms with Gasteiger partial charge in [-0.1, -0.05) is 24.3 Å². The Morgan fingerprint density at radius 1 is 0.917 bits per heavy atom. The fraction of sp³-hybridized carbons (Fsp3) is 0.222. The number of carbonyl (C=O) groups is 2. The molecule has 6 nitrogen and oxygen atoms in total. The minimum absolute atomic E-state index is 0.0301. The highest BCUT2D eigenvalue weighted by Crippen LogP contribution is 2.18. The number of aromatic hydroxyl groups is 2. The molecule has 0 fully saturated rings. The van der Waals surface area contributed by atoms with E-state index in [1.165, 1.54) is 24.3 Å². The number of esters is 2. The molecular formula is C18H18O6. The van der Waals surface area contributed by atoms with Gasteiger partial charge in [0.25, 0.3) is 0 Å². The largest absolute Gasteiger partial charge is 0.507 e. The number of hydrogen-bond acceptors (Lipinski definition) is 6. The van der Waals surface area contributed by atoms with E-state index in [-0.39, 0.29) is 29.2 Å². The molecule has 126 valence electrons. The first-order valence-electron chi connectivity index (χ1n) is 7.43. The first-order valence-corrected chi connectivity index (χ1v) is 7.43. The molecule has 1 unspecified atom stereocenters. The van der Waals surface area contributed by atoms with Crippen LogP contribution in [0.5, 0.6) is 11.5 Å². The van der Waals surface area contributed by atoms with Crippen molar-refractivity contribution in [2.45, 2.75) is 19.4 Å². The predicted octanol–water partition coefficient (Wildman–Crippen LogP) is 2.89. The molecule has 0 saturated carbocycles. The summed E-state index contributed by atoms with van der Waals surface area (Å²) in [6.45, 7) is 1.69. The topological polar surface area (TPSA) is 93.1 Å². The molecule has 2 N–H and O–H groups in total. The Balaban J connectivity index is 1.80. The van der Waals surface area contributed by atoms with Gasteiger partial charge in [0.05, 0.1) is 6.61 Å². The molecular weight excluding hydrogens is 312 g/mol. The Kier molecular flexibility index (Phi) is 5.78. The van der Waals surface area contributed by atoms with Crippen molar-refractivity contribution < 1.29 is 29.3 Å². The second-order valence-corrected chi connectivity index (χ2v) is 5.17. The van der Waals surface area contributed by atoms with Crippen molar-refractivity contribution in [1.29, 1.82) is 0 Å². The van der Waals surface area contributed by atoms with Gasteiger partial charge >= 0.3 is 11.9 Å². The maximum Gasteiger partial charge on any atom is 0.342 e. The Labute approximate surface area is 139 Å². The van der Waals surface area contributed by atoms with E-state index in [1.54, 1.807) is 31.2 Å². The molecule has 2 rings (SSSR count). The van der Waals surface area contributed by atoms with E-state index in [4.69, 9.17) is 9.47 Å². The number of phenolic OH excluding ortho intramolecular Hbond substituents is 2. The molecule has 24 heavy (non-hydrogen) atoms. The minimum Gasteiger partial charge on any atom is -0.507 e. The molecule has 2 aromatic carbocycles. The van der Waals surface area contributed by atoms with Gasteiger partial charge in [-0.05, 0) is 31.2 Å². The van der Waals surface area contributed by atoms with Crippen molar-refractivity contribution in [2.24, 2.45) is 0 Å². The van der Waals surface area contributed by atoms with Gasteiger partial charge in [-0.3, -0.25) is 0 Å². The van der Waals surface area contributed by atoms with Gasteiger partial charge < -0.3 is 19.7 Å². The maximum atomic E-state index is 11.9. The van der Waals surface area contributed by atoms with Crippen molar-refractivity contribution in [3.05, 3.63) is 59.7 Å². The number of hydrogen-bond donors (Lipinski definition) is 2. The van der Waals surface area contributed by atoms with Crippen LogP contribution >= 0.6 is 0 Å². The molecule has 0 bridgehead atoms. The number of benzene rings is 2. The highest BCUT2D eigenvalue weighted by atomic mass is 16.6. The van der Waals surface area contributed by atoms with Gasteiger partial charge in [0, 0.05) is 6.42 Å². The number of ether oxygens (including phenoxy) is 2. The van der Waals surface area contributed by atoms with Gasteiger partial charge in [0.1, 0.15) is 28.7 Å². The van der Waals surface area contributed by atoms with Crippen LogP contribution in [0.25, 0.3) is 0 Å². The Morgan fingerprint density at radius 3 is 1.96 bits per heavy atom. The summed E-state index contributed by atoms with van der Waals surface area (Å²) in [7, 11) is 0. The van der Waals surface area contributed by atoms with Crippen LogP contribution in [-0.4, -0.2) is 34.9 Å². The molecule has 1 atom stereocenters. The molecule has 0 heterocycles. The van der Waals surface area contributed by atoms with Crippen molar-refractivity contribution >= 4 is 11.9 Å². The fourth-order valence-electron chi connectivity index (χ4n) is 1.99. The molecule has 0 spiro atoms. The van der Waals surface area contributed by atoms with Crippen molar-refractivity contribution in [3.63, 3.8) is 0 Å². The molecule has 0 radical (unpaired) electrons. The molecule has 0 aromatic heterocycles. The molecule has 0 amide bonds. The van der Waals surface area contributed by atoms with Crippen molar-refractivity contribution in [1.82, 2.24) is 0 Å². The average Bonchev–Trinajstić information content (AvgIpc) is 2.55. The van der Waals surface area contributed by atoms with Crippen LogP contribution < -0.4 is 0 Å². The fourth-order valence-corrected chi connectivity index (χ4v) is 1.99. The molecule has 0 aliphatic rings. The predicted molar refractivity (Wildman–Crippen MR) is 86.0 cm³/mol. The smallest absolute Gasteiger partial charge is 0.342 e. The van der Waals surface area contributed by atoms with Gasteiger partial charge in [-0.2, -0.15) is 0 Å². The molecule has 2 aromatic rings. The summed E-state index contributed by atoms with van der Waals surface area (Å²) < 4.78 is 10.2. The summed E-state index contributed by atoms with van der Waals surface area (Å²) in [5.41, 5.74) is 0.159. The number of para-hydroxylation sites is 2. The third-order valence-electron chi connectivity index (χ3n) is 3.31. The molecule has 0 saturated heterocycles. The van der Waals surface area contributed by atoms with E-state index >= 15 is 0 Å². The quantitative estimate of drug-likeness (QED) is 0.791. The van der Waals surface area contributed by atoms with Crippen LogP contribution in [0.4, 0.5) is 0 Å². The first-order chi connectivity index (χ1) is 11.5. The number of phenols is 2. The molecule has 0 aliphatic heterocycles. The number of carbonyl (C=O) groups excluding carboxylic acids is 2. The van der Waals surface area contributed by atoms with E-state index in [0.717, 1.165) is 0 Å². The van der Waals surface area contributed by atoms with Gasteiger partial charge in [0.2, 0.25) is 0 Å². The van der Waals surface area contributed by atoms with Gasteiger partial charge in [-0.15, -0.1) is 0 Å². The maximum absolute atomic E-state index is 11.9. The number of rotatable bonds is 6. The zero-order chi connectivity index (χ0) is 17.5. The van der Waals surface area contributed by atoms with Crippen LogP contribution in [0.15, 0.2) is 48.5 Å². The first kappa shape index (κ1) is 17.3. The average molecular weight is 330 g/mol. The highest BCUT2D eigenvalue weighted by Gasteiger charge is 2.16. The lowest BCUT2D eigenvalue weighted by Gasteiger charge is -2.14. The molecule has 0 aliphatic carbocycles.